The third-order valence-electron chi connectivity index (χ3n) is 9.19. The maximum absolute atomic E-state index is 15.9. The standard InChI is InChI=1S/C35H41FN6O5/c1-5-9-29-27(18-22-13-12-21(19-28(22)36)25-10-7-8-11-26(25)31-39-34(44)47-40-31)32(43)41(33-37-20-38-42(29)33)23-14-16-24(17-15-23)46-30(6-2)35(3,4)45/h7-8,10-13,19-20,23-24,30,45H,5-6,9,14-18H2,1-4H3,(H,39,40,44)/t23-,24-,30?. The summed E-state index contributed by atoms with van der Waals surface area (Å²) >= 11 is 0. The van der Waals surface area contributed by atoms with Crippen LogP contribution in [0.2, 0.25) is 0 Å². The summed E-state index contributed by atoms with van der Waals surface area (Å²) in [7, 11) is 0. The molecule has 2 aromatic carbocycles. The predicted molar refractivity (Wildman–Crippen MR) is 175 cm³/mol. The minimum atomic E-state index is -0.936. The number of aryl methyl sites for hydroxylation is 1. The molecule has 11 nitrogen and oxygen atoms in total. The first-order valence-corrected chi connectivity index (χ1v) is 16.4. The summed E-state index contributed by atoms with van der Waals surface area (Å²) in [5.74, 6) is -0.378. The molecule has 12 heteroatoms. The van der Waals surface area contributed by atoms with Gasteiger partial charge in [-0.05, 0) is 75.1 Å². The van der Waals surface area contributed by atoms with Crippen LogP contribution >= 0.6 is 0 Å². The van der Waals surface area contributed by atoms with E-state index in [0.717, 1.165) is 25.0 Å². The Morgan fingerprint density at radius 3 is 2.49 bits per heavy atom. The van der Waals surface area contributed by atoms with Crippen molar-refractivity contribution >= 4 is 5.78 Å². The van der Waals surface area contributed by atoms with E-state index in [4.69, 9.17) is 4.74 Å². The first-order chi connectivity index (χ1) is 22.6. The summed E-state index contributed by atoms with van der Waals surface area (Å²) < 4.78 is 30.4. The number of nitrogens with zero attached hydrogens (tertiary/aromatic N) is 5. The highest BCUT2D eigenvalue weighted by molar-refractivity contribution is 5.80. The van der Waals surface area contributed by atoms with E-state index < -0.39 is 17.2 Å². The van der Waals surface area contributed by atoms with Crippen LogP contribution in [-0.2, 0) is 17.6 Å². The highest BCUT2D eigenvalue weighted by Gasteiger charge is 2.33. The Labute approximate surface area is 271 Å². The fraction of sp³-hybridized carbons (Fsp3) is 0.457. The van der Waals surface area contributed by atoms with Crippen molar-refractivity contribution in [2.45, 2.75) is 103 Å². The molecule has 248 valence electrons. The number of hydrogen-bond donors (Lipinski definition) is 2. The quantitative estimate of drug-likeness (QED) is 0.189. The maximum atomic E-state index is 15.9. The topological polar surface area (TPSA) is 141 Å². The summed E-state index contributed by atoms with van der Waals surface area (Å²) in [6.07, 6.45) is 6.26. The largest absolute Gasteiger partial charge is 0.439 e. The van der Waals surface area contributed by atoms with Crippen molar-refractivity contribution in [2.75, 3.05) is 0 Å². The van der Waals surface area contributed by atoms with E-state index in [0.29, 0.717) is 59.3 Å². The highest BCUT2D eigenvalue weighted by Crippen LogP contribution is 2.34. The van der Waals surface area contributed by atoms with Crippen molar-refractivity contribution in [2.24, 2.45) is 0 Å². The van der Waals surface area contributed by atoms with Crippen LogP contribution in [0.4, 0.5) is 4.39 Å². The number of aromatic nitrogens is 6. The van der Waals surface area contributed by atoms with Crippen molar-refractivity contribution in [3.63, 3.8) is 0 Å². The minimum Gasteiger partial charge on any atom is -0.388 e. The number of fused-ring (bicyclic) bond motifs is 1. The van der Waals surface area contributed by atoms with Gasteiger partial charge in [0.1, 0.15) is 12.1 Å². The van der Waals surface area contributed by atoms with Crippen LogP contribution < -0.4 is 11.3 Å². The summed E-state index contributed by atoms with van der Waals surface area (Å²) in [5.41, 5.74) is 2.38. The average molecular weight is 645 g/mol. The Bertz CT molecular complexity index is 1980. The molecule has 6 rings (SSSR count). The molecule has 1 aliphatic rings. The Morgan fingerprint density at radius 2 is 1.85 bits per heavy atom. The van der Waals surface area contributed by atoms with Crippen LogP contribution in [0.5, 0.6) is 0 Å². The number of H-pyrrole nitrogens is 1. The number of rotatable bonds is 11. The fourth-order valence-corrected chi connectivity index (χ4v) is 6.85. The maximum Gasteiger partial charge on any atom is 0.439 e. The van der Waals surface area contributed by atoms with Gasteiger partial charge in [0.15, 0.2) is 5.82 Å². The lowest BCUT2D eigenvalue weighted by molar-refractivity contribution is -0.128. The first-order valence-electron chi connectivity index (χ1n) is 16.4. The summed E-state index contributed by atoms with van der Waals surface area (Å²) in [6, 6.07) is 12.1. The smallest absolute Gasteiger partial charge is 0.388 e. The van der Waals surface area contributed by atoms with Crippen LogP contribution in [0.15, 0.2) is 62.9 Å². The van der Waals surface area contributed by atoms with Gasteiger partial charge in [-0.1, -0.05) is 61.8 Å². The lowest BCUT2D eigenvalue weighted by atomic mass is 9.91. The van der Waals surface area contributed by atoms with Crippen molar-refractivity contribution in [1.82, 2.24) is 29.3 Å². The molecule has 1 unspecified atom stereocenters. The van der Waals surface area contributed by atoms with E-state index in [2.05, 4.69) is 24.7 Å². The fourth-order valence-electron chi connectivity index (χ4n) is 6.85. The number of hydrogen-bond acceptors (Lipinski definition) is 8. The molecular formula is C35H41FN6O5. The van der Waals surface area contributed by atoms with Gasteiger partial charge in [0, 0.05) is 23.6 Å². The van der Waals surface area contributed by atoms with Gasteiger partial charge in [-0.15, -0.1) is 0 Å². The van der Waals surface area contributed by atoms with Gasteiger partial charge in [-0.25, -0.2) is 13.7 Å². The van der Waals surface area contributed by atoms with E-state index in [1.165, 1.54) is 12.4 Å². The lowest BCUT2D eigenvalue weighted by Gasteiger charge is -2.36. The summed E-state index contributed by atoms with van der Waals surface area (Å²) in [5, 5.41) is 18.8. The molecule has 5 aromatic rings. The van der Waals surface area contributed by atoms with Crippen molar-refractivity contribution in [3.8, 4) is 22.5 Å². The van der Waals surface area contributed by atoms with Crippen molar-refractivity contribution < 1.29 is 18.8 Å². The molecular weight excluding hydrogens is 603 g/mol. The van der Waals surface area contributed by atoms with E-state index in [-0.39, 0.29) is 36.1 Å². The second kappa shape index (κ2) is 13.4. The molecule has 1 fully saturated rings. The Morgan fingerprint density at radius 1 is 1.11 bits per heavy atom. The highest BCUT2D eigenvalue weighted by atomic mass is 19.1. The van der Waals surface area contributed by atoms with Crippen LogP contribution in [0.25, 0.3) is 28.3 Å². The molecule has 0 amide bonds. The van der Waals surface area contributed by atoms with Crippen LogP contribution in [0, 0.1) is 5.82 Å². The second-order valence-electron chi connectivity index (χ2n) is 12.9. The first kappa shape index (κ1) is 32.5. The third-order valence-corrected chi connectivity index (χ3v) is 9.19. The molecule has 0 bridgehead atoms. The minimum absolute atomic E-state index is 0.00618. The predicted octanol–water partition coefficient (Wildman–Crippen LogP) is 5.63. The summed E-state index contributed by atoms with van der Waals surface area (Å²) in [6.45, 7) is 7.58. The number of ether oxygens (including phenoxy) is 1. The van der Waals surface area contributed by atoms with E-state index >= 15 is 4.39 Å². The van der Waals surface area contributed by atoms with E-state index in [1.807, 2.05) is 26.0 Å². The van der Waals surface area contributed by atoms with Gasteiger partial charge >= 0.3 is 5.76 Å². The zero-order chi connectivity index (χ0) is 33.3. The van der Waals surface area contributed by atoms with Crippen molar-refractivity contribution in [3.05, 3.63) is 92.3 Å². The Hall–Kier alpha value is -4.42. The van der Waals surface area contributed by atoms with Gasteiger partial charge in [0.05, 0.1) is 23.5 Å². The monoisotopic (exact) mass is 644 g/mol. The van der Waals surface area contributed by atoms with E-state index in [1.54, 1.807) is 47.2 Å². The Kier molecular flexibility index (Phi) is 9.25. The second-order valence-corrected chi connectivity index (χ2v) is 12.9. The molecule has 1 saturated carbocycles. The lowest BCUT2D eigenvalue weighted by Crippen LogP contribution is -2.41. The average Bonchev–Trinajstić information content (AvgIpc) is 3.71. The molecule has 47 heavy (non-hydrogen) atoms. The number of benzene rings is 2. The van der Waals surface area contributed by atoms with Gasteiger partial charge in [0.2, 0.25) is 5.78 Å². The molecule has 0 aliphatic heterocycles. The third kappa shape index (κ3) is 6.57. The van der Waals surface area contributed by atoms with E-state index in [9.17, 15) is 14.7 Å². The number of halogens is 1. The molecule has 0 radical (unpaired) electrons. The van der Waals surface area contributed by atoms with Crippen LogP contribution in [0.1, 0.15) is 89.1 Å². The van der Waals surface area contributed by atoms with Gasteiger partial charge < -0.3 is 9.84 Å². The number of aliphatic hydroxyl groups is 1. The van der Waals surface area contributed by atoms with Gasteiger partial charge in [-0.2, -0.15) is 10.1 Å². The zero-order valence-corrected chi connectivity index (χ0v) is 27.2. The van der Waals surface area contributed by atoms with Gasteiger partial charge in [0.25, 0.3) is 5.56 Å². The molecule has 0 saturated heterocycles. The molecule has 1 atom stereocenters. The molecule has 0 spiro atoms. The summed E-state index contributed by atoms with van der Waals surface area (Å²) in [4.78, 5) is 33.0. The zero-order valence-electron chi connectivity index (χ0n) is 27.2. The molecule has 3 aromatic heterocycles. The van der Waals surface area contributed by atoms with Crippen molar-refractivity contribution in [1.29, 1.82) is 0 Å². The number of nitrogens with one attached hydrogen (secondary N) is 1. The molecule has 2 N–H and O–H groups in total. The molecule has 1 aliphatic carbocycles. The number of aromatic amines is 1. The SMILES string of the molecule is CCCc1c(Cc2ccc(-c3ccccc3-c3noc(=O)[nH]3)cc2F)c(=O)n([C@H]2CC[C@H](OC(CC)C(C)(C)O)CC2)c2ncnn12. The van der Waals surface area contributed by atoms with Gasteiger partial charge in [-0.3, -0.25) is 18.9 Å². The molecule has 3 heterocycles. The van der Waals surface area contributed by atoms with Crippen LogP contribution in [0.3, 0.4) is 0 Å². The Balaban J connectivity index is 1.32. The normalized spacial score (nSPS) is 17.7. The van der Waals surface area contributed by atoms with Crippen LogP contribution in [-0.4, -0.2) is 52.2 Å².